The summed E-state index contributed by atoms with van der Waals surface area (Å²) in [4.78, 5) is 14.5. The molecule has 2 aliphatic heterocycles. The Bertz CT molecular complexity index is 712. The number of nitrogens with zero attached hydrogens (tertiary/aromatic N) is 1. The number of carbonyl (C=O) groups is 1. The molecule has 1 aromatic rings. The number of amides is 1. The lowest BCUT2D eigenvalue weighted by atomic mass is 9.83. The van der Waals surface area contributed by atoms with Crippen molar-refractivity contribution in [2.24, 2.45) is 0 Å². The highest BCUT2D eigenvalue weighted by Gasteiger charge is 2.39. The van der Waals surface area contributed by atoms with E-state index in [0.29, 0.717) is 6.42 Å². The first kappa shape index (κ1) is 19.6. The highest BCUT2D eigenvalue weighted by molar-refractivity contribution is 5.70. The summed E-state index contributed by atoms with van der Waals surface area (Å²) in [5.41, 5.74) is 1.66. The summed E-state index contributed by atoms with van der Waals surface area (Å²) in [6.45, 7) is 2.80. The second-order valence-corrected chi connectivity index (χ2v) is 8.27. The zero-order valence-corrected chi connectivity index (χ0v) is 16.1. The third-order valence-electron chi connectivity index (χ3n) is 4.87. The van der Waals surface area contributed by atoms with Crippen LogP contribution in [0.15, 0.2) is 35.9 Å². The number of alkyl halides is 2. The van der Waals surface area contributed by atoms with Gasteiger partial charge in [0.15, 0.2) is 0 Å². The van der Waals surface area contributed by atoms with Crippen LogP contribution in [0.4, 0.5) is 13.6 Å². The Morgan fingerprint density at radius 2 is 2.07 bits per heavy atom. The van der Waals surface area contributed by atoms with Crippen LogP contribution in [0.25, 0.3) is 0 Å². The van der Waals surface area contributed by atoms with Gasteiger partial charge in [0.05, 0.1) is 6.04 Å². The molecule has 2 unspecified atom stereocenters. The van der Waals surface area contributed by atoms with Crippen LogP contribution in [0, 0.1) is 0 Å². The monoisotopic (exact) mass is 379 g/mol. The number of fused-ring (bicyclic) bond motifs is 2. The van der Waals surface area contributed by atoms with E-state index >= 15 is 0 Å². The van der Waals surface area contributed by atoms with Gasteiger partial charge in [-0.05, 0) is 70.6 Å². The quantitative estimate of drug-likeness (QED) is 0.665. The minimum atomic E-state index is -2.82. The van der Waals surface area contributed by atoms with E-state index in [4.69, 9.17) is 4.74 Å². The molecule has 148 valence electrons. The molecule has 3 rings (SSSR count). The molecule has 27 heavy (non-hydrogen) atoms. The Hall–Kier alpha value is -2.11. The van der Waals surface area contributed by atoms with E-state index in [9.17, 15) is 13.6 Å². The minimum Gasteiger partial charge on any atom is -0.444 e. The molecular weight excluding hydrogens is 352 g/mol. The molecule has 0 aliphatic carbocycles. The topological polar surface area (TPSA) is 38.8 Å². The van der Waals surface area contributed by atoms with Crippen molar-refractivity contribution in [3.8, 4) is 5.75 Å². The van der Waals surface area contributed by atoms with Gasteiger partial charge in [-0.1, -0.05) is 23.8 Å². The average Bonchev–Trinajstić information content (AvgIpc) is 2.52. The second-order valence-electron chi connectivity index (χ2n) is 8.27. The summed E-state index contributed by atoms with van der Waals surface area (Å²) in [7, 11) is 0. The van der Waals surface area contributed by atoms with Gasteiger partial charge in [0.25, 0.3) is 0 Å². The number of halogens is 2. The molecule has 1 aromatic carbocycles. The van der Waals surface area contributed by atoms with Gasteiger partial charge in [-0.2, -0.15) is 8.78 Å². The largest absolute Gasteiger partial charge is 0.444 e. The zero-order valence-electron chi connectivity index (χ0n) is 16.1. The van der Waals surface area contributed by atoms with Crippen molar-refractivity contribution in [3.05, 3.63) is 41.5 Å². The Balaban J connectivity index is 1.73. The summed E-state index contributed by atoms with van der Waals surface area (Å²) >= 11 is 0. The summed E-state index contributed by atoms with van der Waals surface area (Å²) in [5.74, 6) is 0.175. The third kappa shape index (κ3) is 5.21. The number of hydrogen-bond acceptors (Lipinski definition) is 3. The predicted molar refractivity (Wildman–Crippen MR) is 99.0 cm³/mol. The van der Waals surface area contributed by atoms with Gasteiger partial charge in [-0.25, -0.2) is 4.79 Å². The minimum absolute atomic E-state index is 0.0443. The van der Waals surface area contributed by atoms with E-state index < -0.39 is 12.2 Å². The van der Waals surface area contributed by atoms with Gasteiger partial charge in [-0.3, -0.25) is 4.90 Å². The number of carbonyl (C=O) groups excluding carboxylic acids is 1. The maximum Gasteiger partial charge on any atom is 0.411 e. The van der Waals surface area contributed by atoms with Crippen molar-refractivity contribution in [2.75, 3.05) is 0 Å². The Kier molecular flexibility index (Phi) is 5.72. The Morgan fingerprint density at radius 1 is 1.30 bits per heavy atom. The smallest absolute Gasteiger partial charge is 0.411 e. The molecule has 0 radical (unpaired) electrons. The second kappa shape index (κ2) is 7.87. The lowest BCUT2D eigenvalue weighted by Crippen LogP contribution is -2.53. The summed E-state index contributed by atoms with van der Waals surface area (Å²) in [5, 5.41) is 0. The van der Waals surface area contributed by atoms with Crippen molar-refractivity contribution in [3.63, 3.8) is 0 Å². The number of benzene rings is 1. The van der Waals surface area contributed by atoms with E-state index in [-0.39, 0.29) is 23.9 Å². The van der Waals surface area contributed by atoms with Crippen LogP contribution in [-0.4, -0.2) is 35.3 Å². The Labute approximate surface area is 159 Å². The van der Waals surface area contributed by atoms with Crippen LogP contribution in [0.3, 0.4) is 0 Å². The molecular formula is C21H27F2NO3. The molecule has 1 amide bonds. The molecule has 1 fully saturated rings. The average molecular weight is 379 g/mol. The Morgan fingerprint density at radius 3 is 2.74 bits per heavy atom. The number of hydrogen-bond donors (Lipinski definition) is 0. The van der Waals surface area contributed by atoms with Crippen molar-refractivity contribution in [1.82, 2.24) is 4.90 Å². The van der Waals surface area contributed by atoms with Crippen LogP contribution in [0.2, 0.25) is 0 Å². The lowest BCUT2D eigenvalue weighted by Gasteiger charge is -2.45. The fourth-order valence-electron chi connectivity index (χ4n) is 3.94. The van der Waals surface area contributed by atoms with E-state index in [0.717, 1.165) is 31.2 Å². The predicted octanol–water partition coefficient (Wildman–Crippen LogP) is 5.32. The van der Waals surface area contributed by atoms with Gasteiger partial charge in [0.2, 0.25) is 0 Å². The van der Waals surface area contributed by atoms with Gasteiger partial charge in [0, 0.05) is 6.04 Å². The summed E-state index contributed by atoms with van der Waals surface area (Å²) in [6.07, 6.45) is 6.34. The maximum atomic E-state index is 12.6. The molecule has 2 bridgehead atoms. The van der Waals surface area contributed by atoms with Gasteiger partial charge >= 0.3 is 12.7 Å². The molecule has 4 nitrogen and oxygen atoms in total. The van der Waals surface area contributed by atoms with Crippen molar-refractivity contribution in [2.45, 2.75) is 77.2 Å². The van der Waals surface area contributed by atoms with Crippen LogP contribution >= 0.6 is 0 Å². The van der Waals surface area contributed by atoms with Crippen molar-refractivity contribution >= 4 is 6.09 Å². The van der Waals surface area contributed by atoms with E-state index in [1.165, 1.54) is 11.6 Å². The first-order valence-corrected chi connectivity index (χ1v) is 9.46. The summed E-state index contributed by atoms with van der Waals surface area (Å²) < 4.78 is 34.9. The fraction of sp³-hybridized carbons (Fsp3) is 0.571. The van der Waals surface area contributed by atoms with Gasteiger partial charge < -0.3 is 9.47 Å². The highest BCUT2D eigenvalue weighted by Crippen LogP contribution is 2.35. The van der Waals surface area contributed by atoms with Crippen LogP contribution < -0.4 is 4.74 Å². The van der Waals surface area contributed by atoms with Crippen molar-refractivity contribution < 1.29 is 23.0 Å². The first-order valence-electron chi connectivity index (χ1n) is 9.46. The molecule has 0 N–H and O–H groups in total. The molecule has 6 heteroatoms. The van der Waals surface area contributed by atoms with Crippen LogP contribution in [-0.2, 0) is 11.2 Å². The number of rotatable bonds is 4. The lowest BCUT2D eigenvalue weighted by molar-refractivity contribution is -0.0498. The number of ether oxygens (including phenoxy) is 2. The van der Waals surface area contributed by atoms with Gasteiger partial charge in [-0.15, -0.1) is 0 Å². The van der Waals surface area contributed by atoms with Gasteiger partial charge in [0.1, 0.15) is 11.4 Å². The van der Waals surface area contributed by atoms with Crippen molar-refractivity contribution in [1.29, 1.82) is 0 Å². The highest BCUT2D eigenvalue weighted by atomic mass is 19.3. The van der Waals surface area contributed by atoms with E-state index in [1.54, 1.807) is 12.1 Å². The normalized spacial score (nSPS) is 22.4. The SMILES string of the molecule is CC(C)(C)OC(=O)N1C2C=C(Cc3cccc(OC(F)F)c3)CC1CCC2. The molecule has 0 aromatic heterocycles. The maximum absolute atomic E-state index is 12.6. The third-order valence-corrected chi connectivity index (χ3v) is 4.87. The molecule has 0 saturated carbocycles. The molecule has 1 saturated heterocycles. The van der Waals surface area contributed by atoms with E-state index in [2.05, 4.69) is 10.8 Å². The molecule has 2 atom stereocenters. The van der Waals surface area contributed by atoms with E-state index in [1.807, 2.05) is 31.7 Å². The first-order chi connectivity index (χ1) is 12.7. The fourth-order valence-corrected chi connectivity index (χ4v) is 3.94. The van der Waals surface area contributed by atoms with Crippen LogP contribution in [0.1, 0.15) is 52.0 Å². The molecule has 2 heterocycles. The number of piperidine rings is 1. The van der Waals surface area contributed by atoms with Crippen LogP contribution in [0.5, 0.6) is 5.75 Å². The molecule has 0 spiro atoms. The molecule has 2 aliphatic rings. The standard InChI is InChI=1S/C21H27F2NO3/c1-21(2,3)27-20(25)24-16-7-5-8-17(24)12-15(11-16)10-14-6-4-9-18(13-14)26-19(22)23/h4,6,9,11,13,16-17,19H,5,7-8,10,12H2,1-3H3. The summed E-state index contributed by atoms with van der Waals surface area (Å²) in [6, 6.07) is 7.01. The zero-order chi connectivity index (χ0) is 19.6.